The van der Waals surface area contributed by atoms with Crippen molar-refractivity contribution in [3.8, 4) is 0 Å². The normalized spacial score (nSPS) is 10.6. The molecule has 0 aliphatic carbocycles. The zero-order chi connectivity index (χ0) is 13.1. The summed E-state index contributed by atoms with van der Waals surface area (Å²) in [5.41, 5.74) is 3.41. The van der Waals surface area contributed by atoms with Gasteiger partial charge in [0.25, 0.3) is 0 Å². The fourth-order valence-corrected chi connectivity index (χ4v) is 1.97. The third-order valence-electron chi connectivity index (χ3n) is 3.14. The van der Waals surface area contributed by atoms with Gasteiger partial charge in [-0.1, -0.05) is 30.7 Å². The lowest BCUT2D eigenvalue weighted by Crippen LogP contribution is -2.04. The van der Waals surface area contributed by atoms with Crippen LogP contribution in [0.4, 0.5) is 0 Å². The number of aryl methyl sites for hydroxylation is 3. The van der Waals surface area contributed by atoms with Gasteiger partial charge >= 0.3 is 0 Å². The van der Waals surface area contributed by atoms with Crippen molar-refractivity contribution < 1.29 is 9.21 Å². The van der Waals surface area contributed by atoms with Crippen LogP contribution in [0.15, 0.2) is 34.7 Å². The van der Waals surface area contributed by atoms with E-state index in [1.165, 1.54) is 5.56 Å². The Morgan fingerprint density at radius 1 is 1.17 bits per heavy atom. The van der Waals surface area contributed by atoms with Crippen LogP contribution in [0.25, 0.3) is 0 Å². The third kappa shape index (κ3) is 2.70. The molecule has 0 unspecified atom stereocenters. The van der Waals surface area contributed by atoms with Crippen molar-refractivity contribution >= 4 is 5.78 Å². The molecule has 0 radical (unpaired) electrons. The summed E-state index contributed by atoms with van der Waals surface area (Å²) in [6, 6.07) is 9.82. The summed E-state index contributed by atoms with van der Waals surface area (Å²) in [5, 5.41) is 0. The second kappa shape index (κ2) is 5.21. The lowest BCUT2D eigenvalue weighted by atomic mass is 10.0. The van der Waals surface area contributed by atoms with Crippen LogP contribution in [0.1, 0.15) is 39.9 Å². The molecule has 0 aliphatic rings. The molecule has 0 N–H and O–H groups in total. The maximum atomic E-state index is 12.1. The zero-order valence-corrected chi connectivity index (χ0v) is 11.1. The minimum atomic E-state index is 0.0448. The number of carbonyl (C=O) groups is 1. The first-order valence-corrected chi connectivity index (χ1v) is 6.28. The van der Waals surface area contributed by atoms with Crippen LogP contribution in [0.3, 0.4) is 0 Å². The molecule has 18 heavy (non-hydrogen) atoms. The minimum absolute atomic E-state index is 0.0448. The summed E-state index contributed by atoms with van der Waals surface area (Å²) in [6.45, 7) is 6.08. The number of ketones is 1. The quantitative estimate of drug-likeness (QED) is 0.761. The summed E-state index contributed by atoms with van der Waals surface area (Å²) in [5.74, 6) is 1.37. The molecule has 1 heterocycles. The van der Waals surface area contributed by atoms with Crippen molar-refractivity contribution in [3.63, 3.8) is 0 Å². The van der Waals surface area contributed by atoms with Gasteiger partial charge in [-0.3, -0.25) is 4.79 Å². The Hall–Kier alpha value is -1.83. The van der Waals surface area contributed by atoms with E-state index in [0.29, 0.717) is 12.2 Å². The van der Waals surface area contributed by atoms with Crippen LogP contribution in [0, 0.1) is 13.8 Å². The van der Waals surface area contributed by atoms with Crippen LogP contribution in [0.2, 0.25) is 0 Å². The molecule has 0 aliphatic heterocycles. The lowest BCUT2D eigenvalue weighted by molar-refractivity contribution is 0.0964. The van der Waals surface area contributed by atoms with Crippen molar-refractivity contribution in [2.45, 2.75) is 33.6 Å². The number of carbonyl (C=O) groups excluding carboxylic acids is 1. The average molecular weight is 242 g/mol. The van der Waals surface area contributed by atoms with E-state index in [-0.39, 0.29) is 5.78 Å². The van der Waals surface area contributed by atoms with E-state index in [1.54, 1.807) is 6.07 Å². The number of hydrogen-bond acceptors (Lipinski definition) is 2. The second-order valence-corrected chi connectivity index (χ2v) is 4.65. The van der Waals surface area contributed by atoms with Crippen molar-refractivity contribution in [2.24, 2.45) is 0 Å². The maximum absolute atomic E-state index is 12.1. The van der Waals surface area contributed by atoms with Gasteiger partial charge in [0.15, 0.2) is 5.76 Å². The van der Waals surface area contributed by atoms with Gasteiger partial charge in [0.05, 0.1) is 0 Å². The summed E-state index contributed by atoms with van der Waals surface area (Å²) >= 11 is 0. The first-order valence-electron chi connectivity index (χ1n) is 6.28. The molecule has 1 aromatic heterocycles. The largest absolute Gasteiger partial charge is 0.458 e. The molecule has 1 aromatic carbocycles. The van der Waals surface area contributed by atoms with E-state index in [1.807, 2.05) is 26.8 Å². The van der Waals surface area contributed by atoms with Gasteiger partial charge in [-0.25, -0.2) is 0 Å². The van der Waals surface area contributed by atoms with Crippen LogP contribution >= 0.6 is 0 Å². The highest BCUT2D eigenvalue weighted by Gasteiger charge is 2.12. The molecule has 94 valence electrons. The first kappa shape index (κ1) is 12.6. The molecule has 0 atom stereocenters. The summed E-state index contributed by atoms with van der Waals surface area (Å²) in [6.07, 6.45) is 1.22. The predicted molar refractivity (Wildman–Crippen MR) is 72.0 cm³/mol. The first-order chi connectivity index (χ1) is 8.60. The van der Waals surface area contributed by atoms with E-state index in [9.17, 15) is 4.79 Å². The Kier molecular flexibility index (Phi) is 3.66. The molecule has 0 saturated carbocycles. The van der Waals surface area contributed by atoms with E-state index < -0.39 is 0 Å². The van der Waals surface area contributed by atoms with Crippen LogP contribution in [-0.2, 0) is 12.8 Å². The van der Waals surface area contributed by atoms with Gasteiger partial charge in [-0.15, -0.1) is 0 Å². The van der Waals surface area contributed by atoms with Gasteiger partial charge in [-0.2, -0.15) is 0 Å². The van der Waals surface area contributed by atoms with Gasteiger partial charge in [0.2, 0.25) is 5.78 Å². The number of rotatable bonds is 4. The lowest BCUT2D eigenvalue weighted by Gasteiger charge is -2.05. The van der Waals surface area contributed by atoms with E-state index in [0.717, 1.165) is 23.3 Å². The zero-order valence-electron chi connectivity index (χ0n) is 11.1. The van der Waals surface area contributed by atoms with E-state index in [4.69, 9.17) is 4.42 Å². The molecule has 0 spiro atoms. The van der Waals surface area contributed by atoms with Gasteiger partial charge in [0, 0.05) is 12.8 Å². The van der Waals surface area contributed by atoms with Crippen molar-refractivity contribution in [1.82, 2.24) is 0 Å². The summed E-state index contributed by atoms with van der Waals surface area (Å²) in [4.78, 5) is 12.1. The molecule has 0 fully saturated rings. The average Bonchev–Trinajstić information content (AvgIpc) is 2.82. The van der Waals surface area contributed by atoms with Gasteiger partial charge in [-0.05, 0) is 37.1 Å². The molecule has 2 heteroatoms. The van der Waals surface area contributed by atoms with Crippen molar-refractivity contribution in [1.29, 1.82) is 0 Å². The molecular formula is C16H18O2. The smallest absolute Gasteiger partial charge is 0.202 e. The van der Waals surface area contributed by atoms with Crippen LogP contribution < -0.4 is 0 Å². The Balaban J connectivity index is 2.18. The highest BCUT2D eigenvalue weighted by molar-refractivity contribution is 5.95. The number of benzene rings is 1. The molecular weight excluding hydrogens is 224 g/mol. The molecule has 2 rings (SSSR count). The SMILES string of the molecule is CCc1ccc(C(=O)Cc2cc(C)ccc2C)o1. The fraction of sp³-hybridized carbons (Fsp3) is 0.312. The second-order valence-electron chi connectivity index (χ2n) is 4.65. The Bertz CT molecular complexity index is 564. The molecule has 2 nitrogen and oxygen atoms in total. The van der Waals surface area contributed by atoms with E-state index >= 15 is 0 Å². The minimum Gasteiger partial charge on any atom is -0.458 e. The number of furan rings is 1. The fourth-order valence-electron chi connectivity index (χ4n) is 1.97. The van der Waals surface area contributed by atoms with Gasteiger partial charge in [0.1, 0.15) is 5.76 Å². The predicted octanol–water partition coefficient (Wildman–Crippen LogP) is 3.88. The maximum Gasteiger partial charge on any atom is 0.202 e. The van der Waals surface area contributed by atoms with Crippen LogP contribution in [-0.4, -0.2) is 5.78 Å². The topological polar surface area (TPSA) is 30.2 Å². The Labute approximate surface area is 108 Å². The Morgan fingerprint density at radius 3 is 2.61 bits per heavy atom. The highest BCUT2D eigenvalue weighted by Crippen LogP contribution is 2.16. The number of Topliss-reactive ketones (excluding diaryl/α,β-unsaturated/α-hetero) is 1. The summed E-state index contributed by atoms with van der Waals surface area (Å²) < 4.78 is 5.49. The third-order valence-corrected chi connectivity index (χ3v) is 3.14. The molecule has 2 aromatic rings. The monoisotopic (exact) mass is 242 g/mol. The molecule has 0 saturated heterocycles. The molecule has 0 bridgehead atoms. The van der Waals surface area contributed by atoms with Gasteiger partial charge < -0.3 is 4.42 Å². The Morgan fingerprint density at radius 2 is 1.94 bits per heavy atom. The van der Waals surface area contributed by atoms with Crippen molar-refractivity contribution in [3.05, 3.63) is 58.5 Å². The summed E-state index contributed by atoms with van der Waals surface area (Å²) in [7, 11) is 0. The highest BCUT2D eigenvalue weighted by atomic mass is 16.3. The standard InChI is InChI=1S/C16H18O2/c1-4-14-7-8-16(18-14)15(17)10-13-9-11(2)5-6-12(13)3/h5-9H,4,10H2,1-3H3. The van der Waals surface area contributed by atoms with E-state index in [2.05, 4.69) is 18.2 Å². The van der Waals surface area contributed by atoms with Crippen LogP contribution in [0.5, 0.6) is 0 Å². The number of hydrogen-bond donors (Lipinski definition) is 0. The molecule has 0 amide bonds. The van der Waals surface area contributed by atoms with Crippen molar-refractivity contribution in [2.75, 3.05) is 0 Å².